The van der Waals surface area contributed by atoms with Gasteiger partial charge in [-0.1, -0.05) is 6.92 Å². The Balaban J connectivity index is 1.13. The molecule has 6 rings (SSSR count). The number of benzene rings is 2. The standard InChI is InChI=1S/C33H43F2N4O10PS/c1-4-7-50(42,8-5-48-29-14-24-22(12-27(29)46-2)32(40)38-17-19(34)10-21(38)16-36-24)9-6-49-30-15-25-23(13-28(30)47-3)33(41)39-18-20(35)11-26(39)31(37-25)51(43,44)45/h12-15,19-21,26,31,36-37H,4-11,16-18H2,1-3H3,(H,43,44,45)/t19?,20?,21-,26-,31?,50?/m0/s1. The summed E-state index contributed by atoms with van der Waals surface area (Å²) in [7, 11) is -4.79. The van der Waals surface area contributed by atoms with E-state index in [9.17, 15) is 35.9 Å². The van der Waals surface area contributed by atoms with Gasteiger partial charge in [0.1, 0.15) is 12.3 Å². The molecule has 2 saturated heterocycles. The summed E-state index contributed by atoms with van der Waals surface area (Å²) in [6.45, 7) is 2.13. The molecule has 2 aromatic carbocycles. The van der Waals surface area contributed by atoms with E-state index in [0.717, 1.165) is 4.90 Å². The Kier molecular flexibility index (Phi) is 10.6. The molecule has 0 spiro atoms. The Morgan fingerprint density at radius 3 is 1.98 bits per heavy atom. The van der Waals surface area contributed by atoms with Crippen LogP contribution in [0, 0.1) is 0 Å². The van der Waals surface area contributed by atoms with Gasteiger partial charge in [0.15, 0.2) is 28.4 Å². The first-order valence-electron chi connectivity index (χ1n) is 16.9. The molecular formula is C33H43F2N4O10PS. The highest BCUT2D eigenvalue weighted by Gasteiger charge is 2.48. The number of carbonyl (C=O) groups is 2. The van der Waals surface area contributed by atoms with Crippen LogP contribution in [0.4, 0.5) is 20.2 Å². The van der Waals surface area contributed by atoms with Crippen molar-refractivity contribution < 1.29 is 54.9 Å². The largest absolute Gasteiger partial charge is 0.493 e. The maximum absolute atomic E-state index is 14.3. The topological polar surface area (TPSA) is 173 Å². The zero-order valence-corrected chi connectivity index (χ0v) is 30.3. The summed E-state index contributed by atoms with van der Waals surface area (Å²) in [4.78, 5) is 29.2. The molecule has 2 aromatic rings. The second-order valence-corrected chi connectivity index (χ2v) is 18.3. The van der Waals surface area contributed by atoms with Gasteiger partial charge in [0.25, 0.3) is 21.9 Å². The van der Waals surface area contributed by atoms with E-state index in [4.69, 9.17) is 18.9 Å². The van der Waals surface area contributed by atoms with Gasteiger partial charge in [-0.15, -0.1) is 0 Å². The average Bonchev–Trinajstić information content (AvgIpc) is 3.60. The average molecular weight is 757 g/mol. The van der Waals surface area contributed by atoms with Gasteiger partial charge in [0, 0.05) is 50.0 Å². The molecule has 0 aliphatic carbocycles. The lowest BCUT2D eigenvalue weighted by Crippen LogP contribution is -2.47. The van der Waals surface area contributed by atoms with Crippen LogP contribution in [0.3, 0.4) is 0 Å². The molecule has 2 amide bonds. The number of hydrogen-bond acceptors (Lipinski definition) is 11. The van der Waals surface area contributed by atoms with Crippen LogP contribution in [0.15, 0.2) is 24.3 Å². The second-order valence-electron chi connectivity index (χ2n) is 13.3. The molecule has 0 saturated carbocycles. The van der Waals surface area contributed by atoms with Crippen molar-refractivity contribution in [3.05, 3.63) is 35.4 Å². The van der Waals surface area contributed by atoms with Gasteiger partial charge in [-0.25, -0.2) is 8.78 Å². The van der Waals surface area contributed by atoms with E-state index >= 15 is 0 Å². The van der Waals surface area contributed by atoms with Crippen molar-refractivity contribution in [3.63, 3.8) is 0 Å². The van der Waals surface area contributed by atoms with Gasteiger partial charge in [-0.2, -0.15) is 8.42 Å². The number of methoxy groups -OCH3 is 2. The lowest BCUT2D eigenvalue weighted by atomic mass is 10.1. The zero-order valence-electron chi connectivity index (χ0n) is 28.6. The molecule has 0 aromatic heterocycles. The number of hydrogen-bond donors (Lipinski definition) is 3. The molecule has 4 unspecified atom stereocenters. The van der Waals surface area contributed by atoms with Crippen LogP contribution in [0.1, 0.15) is 46.9 Å². The highest BCUT2D eigenvalue weighted by Crippen LogP contribution is 2.47. The summed E-state index contributed by atoms with van der Waals surface area (Å²) in [5.74, 6) is 0.0889. The number of rotatable bonds is 13. The number of amides is 2. The molecule has 4 heterocycles. The van der Waals surface area contributed by atoms with Crippen LogP contribution >= 0.6 is 7.14 Å². The number of nitrogens with one attached hydrogen (secondary N) is 2. The molecule has 280 valence electrons. The number of ether oxygens (including phenoxy) is 4. The lowest BCUT2D eigenvalue weighted by Gasteiger charge is -2.26. The highest BCUT2D eigenvalue weighted by molar-refractivity contribution is 7.86. The summed E-state index contributed by atoms with van der Waals surface area (Å²) in [6.07, 6.45) is -1.04. The number of carbonyl (C=O) groups excluding carboxylic acids is 2. The Hall–Kier alpha value is -3.82. The van der Waals surface area contributed by atoms with E-state index in [-0.39, 0.29) is 86.2 Å². The van der Waals surface area contributed by atoms with Gasteiger partial charge in [-0.3, -0.25) is 14.1 Å². The van der Waals surface area contributed by atoms with Gasteiger partial charge >= 0.3 is 0 Å². The van der Waals surface area contributed by atoms with Gasteiger partial charge in [-0.05, 0) is 18.6 Å². The predicted molar refractivity (Wildman–Crippen MR) is 186 cm³/mol. The van der Waals surface area contributed by atoms with Crippen LogP contribution in [-0.2, 0) is 14.7 Å². The predicted octanol–water partition coefficient (Wildman–Crippen LogP) is 4.10. The third-order valence-corrected chi connectivity index (χ3v) is 14.2. The Morgan fingerprint density at radius 1 is 0.843 bits per heavy atom. The first-order chi connectivity index (χ1) is 24.2. The van der Waals surface area contributed by atoms with Crippen LogP contribution in [-0.4, -0.2) is 130 Å². The quantitative estimate of drug-likeness (QED) is 0.198. The number of alkyl halides is 2. The van der Waals surface area contributed by atoms with E-state index in [2.05, 4.69) is 10.6 Å². The molecule has 0 radical (unpaired) electrons. The molecule has 4 aliphatic rings. The SMILES string of the molecule is CCCP(=O)(CCOc1cc2c(cc1OC)C(=O)N1CC(F)C[C@H]1CN2)CCOc1cc2c(cc1OC)C(=O)N1CC(F)C[C@H]1C(S(=O)(=O)O)N2. The van der Waals surface area contributed by atoms with E-state index in [1.165, 1.54) is 26.4 Å². The third-order valence-electron chi connectivity index (χ3n) is 9.89. The van der Waals surface area contributed by atoms with Crippen molar-refractivity contribution in [2.75, 3.05) is 76.2 Å². The molecule has 4 aliphatic heterocycles. The number of fused-ring (bicyclic) bond motifs is 4. The maximum Gasteiger partial charge on any atom is 0.288 e. The van der Waals surface area contributed by atoms with E-state index in [1.807, 2.05) is 6.92 Å². The fourth-order valence-corrected chi connectivity index (χ4v) is 10.6. The van der Waals surface area contributed by atoms with Crippen LogP contribution in [0.25, 0.3) is 0 Å². The normalized spacial score (nSPS) is 25.3. The van der Waals surface area contributed by atoms with E-state index in [1.54, 1.807) is 17.0 Å². The van der Waals surface area contributed by atoms with Gasteiger partial charge in [0.05, 0.1) is 82.3 Å². The summed E-state index contributed by atoms with van der Waals surface area (Å²) in [6, 6.07) is 4.62. The summed E-state index contributed by atoms with van der Waals surface area (Å²) in [5.41, 5.74) is 0.997. The molecule has 14 nitrogen and oxygen atoms in total. The first-order valence-corrected chi connectivity index (χ1v) is 20.6. The summed E-state index contributed by atoms with van der Waals surface area (Å²) >= 11 is 0. The minimum absolute atomic E-state index is 0.00796. The van der Waals surface area contributed by atoms with Crippen molar-refractivity contribution in [1.82, 2.24) is 9.80 Å². The minimum atomic E-state index is -4.74. The van der Waals surface area contributed by atoms with Crippen molar-refractivity contribution in [2.24, 2.45) is 0 Å². The summed E-state index contributed by atoms with van der Waals surface area (Å²) < 4.78 is 100. The van der Waals surface area contributed by atoms with Gasteiger partial charge in [0.2, 0.25) is 0 Å². The van der Waals surface area contributed by atoms with Crippen LogP contribution in [0.2, 0.25) is 0 Å². The minimum Gasteiger partial charge on any atom is -0.493 e. The van der Waals surface area contributed by atoms with Gasteiger partial charge < -0.3 is 43.9 Å². The van der Waals surface area contributed by atoms with Crippen LogP contribution in [0.5, 0.6) is 23.0 Å². The zero-order chi connectivity index (χ0) is 36.7. The molecule has 0 bridgehead atoms. The fourth-order valence-electron chi connectivity index (χ4n) is 7.37. The van der Waals surface area contributed by atoms with Crippen molar-refractivity contribution >= 4 is 40.4 Å². The Bertz CT molecular complexity index is 1830. The summed E-state index contributed by atoms with van der Waals surface area (Å²) in [5, 5.41) is 4.28. The second kappa shape index (κ2) is 14.7. The molecule has 3 N–H and O–H groups in total. The molecule has 6 atom stereocenters. The Labute approximate surface area is 295 Å². The maximum atomic E-state index is 14.3. The number of halogens is 2. The smallest absolute Gasteiger partial charge is 0.288 e. The first kappa shape index (κ1) is 37.0. The lowest BCUT2D eigenvalue weighted by molar-refractivity contribution is 0.0731. The van der Waals surface area contributed by atoms with Crippen LogP contribution < -0.4 is 29.6 Å². The van der Waals surface area contributed by atoms with E-state index in [0.29, 0.717) is 41.9 Å². The van der Waals surface area contributed by atoms with Crippen molar-refractivity contribution in [2.45, 2.75) is 56.0 Å². The monoisotopic (exact) mass is 756 g/mol. The molecule has 18 heteroatoms. The van der Waals surface area contributed by atoms with Crippen molar-refractivity contribution in [1.29, 1.82) is 0 Å². The highest BCUT2D eigenvalue weighted by atomic mass is 32.2. The third kappa shape index (κ3) is 7.56. The molecule has 51 heavy (non-hydrogen) atoms. The Morgan fingerprint density at radius 2 is 1.39 bits per heavy atom. The van der Waals surface area contributed by atoms with Crippen molar-refractivity contribution in [3.8, 4) is 23.0 Å². The van der Waals surface area contributed by atoms with E-state index < -0.39 is 46.9 Å². The number of nitrogens with zero attached hydrogens (tertiary/aromatic N) is 2. The fraction of sp³-hybridized carbons (Fsp3) is 0.576. The molecular weight excluding hydrogens is 713 g/mol. The molecule has 2 fully saturated rings. The number of anilines is 2.